The van der Waals surface area contributed by atoms with Gasteiger partial charge in [0, 0.05) is 18.7 Å². The fourth-order valence-corrected chi connectivity index (χ4v) is 1.86. The molecule has 0 radical (unpaired) electrons. The average Bonchev–Trinajstić information content (AvgIpc) is 2.15. The summed E-state index contributed by atoms with van der Waals surface area (Å²) < 4.78 is 0. The van der Waals surface area contributed by atoms with E-state index in [9.17, 15) is 9.90 Å². The number of aromatic hydroxyl groups is 1. The molecule has 2 rings (SSSR count). The van der Waals surface area contributed by atoms with Crippen LogP contribution in [0, 0.1) is 0 Å². The predicted molar refractivity (Wildman–Crippen MR) is 62.6 cm³/mol. The number of nitrogens with zero attached hydrogens (tertiary/aromatic N) is 1. The van der Waals surface area contributed by atoms with Crippen molar-refractivity contribution >= 4 is 17.3 Å². The molecule has 1 aromatic carbocycles. The fraction of sp³-hybridized carbons (Fsp3) is 0.364. The maximum absolute atomic E-state index is 11.5. The fourth-order valence-electron chi connectivity index (χ4n) is 1.86. The zero-order chi connectivity index (χ0) is 11.7. The average molecular weight is 221 g/mol. The molecule has 1 heterocycles. The van der Waals surface area contributed by atoms with Crippen molar-refractivity contribution in [3.05, 3.63) is 18.2 Å². The summed E-state index contributed by atoms with van der Waals surface area (Å²) in [6, 6.07) is 4.92. The highest BCUT2D eigenvalue weighted by molar-refractivity contribution is 6.01. The number of carbonyl (C=O) groups excluding carboxylic acids is 1. The summed E-state index contributed by atoms with van der Waals surface area (Å²) in [6.45, 7) is 2.82. The number of hydrogen-bond acceptors (Lipinski definition) is 4. The molecule has 16 heavy (non-hydrogen) atoms. The van der Waals surface area contributed by atoms with E-state index in [1.54, 1.807) is 18.2 Å². The number of nitrogens with one attached hydrogen (secondary N) is 1. The number of amides is 1. The van der Waals surface area contributed by atoms with Crippen molar-refractivity contribution in [2.45, 2.75) is 13.0 Å². The van der Waals surface area contributed by atoms with Gasteiger partial charge in [0.05, 0.1) is 17.9 Å². The maximum Gasteiger partial charge on any atom is 0.243 e. The van der Waals surface area contributed by atoms with Crippen molar-refractivity contribution in [1.29, 1.82) is 0 Å². The molecule has 5 heteroatoms. The summed E-state index contributed by atoms with van der Waals surface area (Å²) in [7, 11) is 0. The first-order chi connectivity index (χ1) is 7.56. The number of hydrogen-bond donors (Lipinski definition) is 3. The van der Waals surface area contributed by atoms with Gasteiger partial charge in [0.25, 0.3) is 0 Å². The minimum Gasteiger partial charge on any atom is -0.508 e. The Balaban J connectivity index is 2.34. The molecule has 1 aliphatic heterocycles. The van der Waals surface area contributed by atoms with E-state index in [-0.39, 0.29) is 17.7 Å². The van der Waals surface area contributed by atoms with Crippen LogP contribution in [0.3, 0.4) is 0 Å². The molecule has 5 nitrogen and oxygen atoms in total. The number of phenolic OH excluding ortho intramolecular Hbond substituents is 1. The van der Waals surface area contributed by atoms with Crippen LogP contribution in [0.15, 0.2) is 18.2 Å². The largest absolute Gasteiger partial charge is 0.508 e. The number of carbonyl (C=O) groups is 1. The smallest absolute Gasteiger partial charge is 0.243 e. The van der Waals surface area contributed by atoms with Crippen molar-refractivity contribution in [3.63, 3.8) is 0 Å². The van der Waals surface area contributed by atoms with E-state index >= 15 is 0 Å². The monoisotopic (exact) mass is 221 g/mol. The molecule has 4 N–H and O–H groups in total. The van der Waals surface area contributed by atoms with E-state index in [1.807, 2.05) is 11.8 Å². The van der Waals surface area contributed by atoms with Crippen LogP contribution in [-0.2, 0) is 4.79 Å². The van der Waals surface area contributed by atoms with Crippen molar-refractivity contribution in [3.8, 4) is 5.75 Å². The van der Waals surface area contributed by atoms with Crippen LogP contribution in [0.5, 0.6) is 5.75 Å². The Hall–Kier alpha value is -1.75. The minimum atomic E-state index is -0.0845. The molecule has 1 amide bonds. The highest BCUT2D eigenvalue weighted by atomic mass is 16.3. The molecule has 0 saturated heterocycles. The van der Waals surface area contributed by atoms with E-state index in [1.165, 1.54) is 0 Å². The lowest BCUT2D eigenvalue weighted by Gasteiger charge is -2.32. The number of nitrogens with two attached hydrogens (primary N) is 1. The molecule has 0 aromatic heterocycles. The predicted octanol–water partition coefficient (Wildman–Crippen LogP) is 0.498. The van der Waals surface area contributed by atoms with Crippen LogP contribution >= 0.6 is 0 Å². The van der Waals surface area contributed by atoms with Crippen LogP contribution in [0.4, 0.5) is 11.4 Å². The van der Waals surface area contributed by atoms with Gasteiger partial charge in [-0.25, -0.2) is 0 Å². The Morgan fingerprint density at radius 2 is 2.38 bits per heavy atom. The van der Waals surface area contributed by atoms with Crippen LogP contribution in [0.1, 0.15) is 6.92 Å². The minimum absolute atomic E-state index is 0.00690. The van der Waals surface area contributed by atoms with E-state index in [0.29, 0.717) is 18.8 Å². The summed E-state index contributed by atoms with van der Waals surface area (Å²) in [5, 5.41) is 12.1. The number of benzene rings is 1. The molecule has 0 spiro atoms. The van der Waals surface area contributed by atoms with Gasteiger partial charge < -0.3 is 21.1 Å². The van der Waals surface area contributed by atoms with Gasteiger partial charge in [-0.3, -0.25) is 4.79 Å². The summed E-state index contributed by atoms with van der Waals surface area (Å²) in [5.41, 5.74) is 7.27. The molecular weight excluding hydrogens is 206 g/mol. The molecule has 86 valence electrons. The SMILES string of the molecule is CC(N)CN1CC(=O)Nc2cc(O)ccc21. The topological polar surface area (TPSA) is 78.6 Å². The maximum atomic E-state index is 11.5. The third-order valence-corrected chi connectivity index (χ3v) is 2.44. The quantitative estimate of drug-likeness (QED) is 0.679. The van der Waals surface area contributed by atoms with E-state index < -0.39 is 0 Å². The Kier molecular flexibility index (Phi) is 2.70. The molecule has 0 bridgehead atoms. The normalized spacial score (nSPS) is 16.6. The van der Waals surface area contributed by atoms with Crippen molar-refractivity contribution in [2.24, 2.45) is 5.73 Å². The Morgan fingerprint density at radius 3 is 3.06 bits per heavy atom. The Morgan fingerprint density at radius 1 is 1.62 bits per heavy atom. The van der Waals surface area contributed by atoms with Gasteiger partial charge in [-0.05, 0) is 19.1 Å². The second-order valence-corrected chi connectivity index (χ2v) is 4.11. The van der Waals surface area contributed by atoms with Crippen LogP contribution in [0.2, 0.25) is 0 Å². The lowest BCUT2D eigenvalue weighted by atomic mass is 10.1. The lowest BCUT2D eigenvalue weighted by molar-refractivity contribution is -0.115. The van der Waals surface area contributed by atoms with Gasteiger partial charge in [0.1, 0.15) is 5.75 Å². The summed E-state index contributed by atoms with van der Waals surface area (Å²) >= 11 is 0. The third kappa shape index (κ3) is 2.09. The number of rotatable bonds is 2. The Labute approximate surface area is 93.9 Å². The first-order valence-electron chi connectivity index (χ1n) is 5.19. The molecular formula is C11H15N3O2. The van der Waals surface area contributed by atoms with Gasteiger partial charge in [-0.15, -0.1) is 0 Å². The second-order valence-electron chi connectivity index (χ2n) is 4.11. The summed E-state index contributed by atoms with van der Waals surface area (Å²) in [6.07, 6.45) is 0. The van der Waals surface area contributed by atoms with E-state index in [4.69, 9.17) is 5.73 Å². The summed E-state index contributed by atoms with van der Waals surface area (Å²) in [5.74, 6) is 0.0560. The zero-order valence-corrected chi connectivity index (χ0v) is 9.10. The zero-order valence-electron chi connectivity index (χ0n) is 9.10. The highest BCUT2D eigenvalue weighted by Gasteiger charge is 2.22. The number of anilines is 2. The lowest BCUT2D eigenvalue weighted by Crippen LogP contribution is -2.43. The molecule has 0 saturated carbocycles. The molecule has 0 aliphatic carbocycles. The van der Waals surface area contributed by atoms with Gasteiger partial charge in [-0.1, -0.05) is 0 Å². The van der Waals surface area contributed by atoms with Crippen molar-refractivity contribution in [1.82, 2.24) is 0 Å². The Bertz CT molecular complexity index is 418. The van der Waals surface area contributed by atoms with Gasteiger partial charge in [0.15, 0.2) is 0 Å². The van der Waals surface area contributed by atoms with Crippen molar-refractivity contribution < 1.29 is 9.90 Å². The van der Waals surface area contributed by atoms with Crippen molar-refractivity contribution in [2.75, 3.05) is 23.3 Å². The third-order valence-electron chi connectivity index (χ3n) is 2.44. The molecule has 1 aromatic rings. The van der Waals surface area contributed by atoms with Gasteiger partial charge in [-0.2, -0.15) is 0 Å². The first-order valence-corrected chi connectivity index (χ1v) is 5.19. The molecule has 1 aliphatic rings. The van der Waals surface area contributed by atoms with Crippen LogP contribution in [0.25, 0.3) is 0 Å². The number of phenols is 1. The van der Waals surface area contributed by atoms with E-state index in [0.717, 1.165) is 5.69 Å². The first kappa shape index (κ1) is 10.8. The molecule has 0 fully saturated rings. The number of fused-ring (bicyclic) bond motifs is 1. The van der Waals surface area contributed by atoms with Gasteiger partial charge >= 0.3 is 0 Å². The van der Waals surface area contributed by atoms with E-state index in [2.05, 4.69) is 5.32 Å². The summed E-state index contributed by atoms with van der Waals surface area (Å²) in [4.78, 5) is 13.4. The molecule has 1 unspecified atom stereocenters. The van der Waals surface area contributed by atoms with Crippen LogP contribution < -0.4 is 16.0 Å². The van der Waals surface area contributed by atoms with Gasteiger partial charge in [0.2, 0.25) is 5.91 Å². The molecule has 1 atom stereocenters. The standard InChI is InChI=1S/C11H15N3O2/c1-7(12)5-14-6-11(16)13-9-4-8(15)2-3-10(9)14/h2-4,7,15H,5-6,12H2,1H3,(H,13,16). The van der Waals surface area contributed by atoms with Crippen LogP contribution in [-0.4, -0.2) is 30.1 Å². The second kappa shape index (κ2) is 4.02. The highest BCUT2D eigenvalue weighted by Crippen LogP contribution is 2.32.